The molecule has 0 saturated carbocycles. The minimum absolute atomic E-state index is 0.242. The third-order valence-corrected chi connectivity index (χ3v) is 2.87. The van der Waals surface area contributed by atoms with Gasteiger partial charge < -0.3 is 10.6 Å². The molecule has 5 heteroatoms. The molecule has 1 amide bonds. The van der Waals surface area contributed by atoms with E-state index in [0.29, 0.717) is 17.6 Å². The second kappa shape index (κ2) is 6.83. The summed E-state index contributed by atoms with van der Waals surface area (Å²) in [5.41, 5.74) is 2.24. The van der Waals surface area contributed by atoms with Crippen LogP contribution < -0.4 is 10.6 Å². The first-order chi connectivity index (χ1) is 10.0. The highest BCUT2D eigenvalue weighted by Gasteiger charge is 2.09. The van der Waals surface area contributed by atoms with Crippen molar-refractivity contribution in [1.82, 2.24) is 9.97 Å². The third kappa shape index (κ3) is 4.56. The highest BCUT2D eigenvalue weighted by Crippen LogP contribution is 2.10. The molecule has 2 rings (SSSR count). The number of benzene rings is 1. The Hall–Kier alpha value is -2.43. The van der Waals surface area contributed by atoms with E-state index in [1.807, 2.05) is 31.2 Å². The lowest BCUT2D eigenvalue weighted by molar-refractivity contribution is 0.102. The lowest BCUT2D eigenvalue weighted by Crippen LogP contribution is -2.16. The summed E-state index contributed by atoms with van der Waals surface area (Å²) in [4.78, 5) is 20.5. The lowest BCUT2D eigenvalue weighted by atomic mass is 10.2. The molecule has 0 fully saturated rings. The number of aromatic nitrogens is 2. The van der Waals surface area contributed by atoms with Gasteiger partial charge in [0.2, 0.25) is 5.95 Å². The molecule has 2 aromatic rings. The molecule has 0 aliphatic rings. The van der Waals surface area contributed by atoms with E-state index in [-0.39, 0.29) is 5.91 Å². The van der Waals surface area contributed by atoms with Crippen LogP contribution in [0.3, 0.4) is 0 Å². The van der Waals surface area contributed by atoms with Crippen molar-refractivity contribution in [3.8, 4) is 0 Å². The van der Waals surface area contributed by atoms with Crippen molar-refractivity contribution >= 4 is 17.5 Å². The number of hydrogen-bond acceptors (Lipinski definition) is 4. The van der Waals surface area contributed by atoms with Crippen LogP contribution in [0.25, 0.3) is 0 Å². The monoisotopic (exact) mass is 284 g/mol. The molecule has 0 radical (unpaired) electrons. The van der Waals surface area contributed by atoms with Gasteiger partial charge in [0, 0.05) is 18.4 Å². The lowest BCUT2D eigenvalue weighted by Gasteiger charge is -2.09. The summed E-state index contributed by atoms with van der Waals surface area (Å²) < 4.78 is 0. The van der Waals surface area contributed by atoms with E-state index in [0.717, 1.165) is 17.8 Å². The van der Waals surface area contributed by atoms with Gasteiger partial charge in [-0.2, -0.15) is 0 Å². The molecule has 2 N–H and O–H groups in total. The Bertz CT molecular complexity index is 608. The number of carbonyl (C=O) groups is 1. The molecule has 0 unspecified atom stereocenters. The number of nitrogens with one attached hydrogen (secondary N) is 2. The molecule has 0 aliphatic carbocycles. The van der Waals surface area contributed by atoms with Crippen molar-refractivity contribution in [2.75, 3.05) is 17.2 Å². The van der Waals surface area contributed by atoms with E-state index < -0.39 is 0 Å². The number of carbonyl (C=O) groups excluding carboxylic acids is 1. The van der Waals surface area contributed by atoms with Crippen molar-refractivity contribution in [3.05, 3.63) is 47.8 Å². The molecule has 110 valence electrons. The maximum Gasteiger partial charge on any atom is 0.274 e. The summed E-state index contributed by atoms with van der Waals surface area (Å²) in [6.45, 7) is 6.97. The summed E-state index contributed by atoms with van der Waals surface area (Å²) >= 11 is 0. The molecule has 0 bridgehead atoms. The largest absolute Gasteiger partial charge is 0.354 e. The fourth-order valence-electron chi connectivity index (χ4n) is 1.70. The highest BCUT2D eigenvalue weighted by atomic mass is 16.1. The number of aryl methyl sites for hydroxylation is 1. The van der Waals surface area contributed by atoms with Crippen molar-refractivity contribution < 1.29 is 4.79 Å². The third-order valence-electron chi connectivity index (χ3n) is 2.87. The fraction of sp³-hybridized carbons (Fsp3) is 0.312. The van der Waals surface area contributed by atoms with Gasteiger partial charge in [-0.05, 0) is 31.0 Å². The normalized spacial score (nSPS) is 10.5. The second-order valence-electron chi connectivity index (χ2n) is 5.36. The zero-order valence-electron chi connectivity index (χ0n) is 12.6. The second-order valence-corrected chi connectivity index (χ2v) is 5.36. The maximum atomic E-state index is 12.2. The first-order valence-corrected chi connectivity index (χ1v) is 6.99. The summed E-state index contributed by atoms with van der Waals surface area (Å²) in [6.07, 6.45) is 1.58. The van der Waals surface area contributed by atoms with Gasteiger partial charge >= 0.3 is 0 Å². The number of rotatable bonds is 5. The van der Waals surface area contributed by atoms with E-state index in [9.17, 15) is 4.79 Å². The summed E-state index contributed by atoms with van der Waals surface area (Å²) in [6, 6.07) is 9.24. The molecule has 1 aromatic heterocycles. The zero-order chi connectivity index (χ0) is 15.2. The summed E-state index contributed by atoms with van der Waals surface area (Å²) in [5, 5.41) is 5.93. The molecule has 5 nitrogen and oxygen atoms in total. The molecular formula is C16H20N4O. The van der Waals surface area contributed by atoms with E-state index in [4.69, 9.17) is 0 Å². The molecule has 1 heterocycles. The van der Waals surface area contributed by atoms with Gasteiger partial charge in [-0.25, -0.2) is 9.97 Å². The topological polar surface area (TPSA) is 66.9 Å². The Labute approximate surface area is 124 Å². The minimum Gasteiger partial charge on any atom is -0.354 e. The van der Waals surface area contributed by atoms with Crippen molar-refractivity contribution in [2.45, 2.75) is 20.8 Å². The van der Waals surface area contributed by atoms with Gasteiger partial charge in [0.15, 0.2) is 0 Å². The van der Waals surface area contributed by atoms with E-state index >= 15 is 0 Å². The maximum absolute atomic E-state index is 12.2. The van der Waals surface area contributed by atoms with Gasteiger partial charge in [0.25, 0.3) is 5.91 Å². The molecule has 1 aromatic carbocycles. The van der Waals surface area contributed by atoms with Crippen LogP contribution in [0.15, 0.2) is 36.5 Å². The molecule has 21 heavy (non-hydrogen) atoms. The van der Waals surface area contributed by atoms with Crippen LogP contribution in [0.2, 0.25) is 0 Å². The van der Waals surface area contributed by atoms with Gasteiger partial charge in [0.1, 0.15) is 5.69 Å². The van der Waals surface area contributed by atoms with Crippen LogP contribution in [-0.4, -0.2) is 22.4 Å². The number of nitrogens with zero attached hydrogens (tertiary/aromatic N) is 2. The standard InChI is InChI=1S/C16H20N4O/c1-11(2)10-18-16-17-9-8-14(20-16)15(21)19-13-6-4-12(3)5-7-13/h4-9,11H,10H2,1-3H3,(H,19,21)(H,17,18,20). The van der Waals surface area contributed by atoms with Gasteiger partial charge in [-0.1, -0.05) is 31.5 Å². The number of anilines is 2. The average Bonchev–Trinajstić information content (AvgIpc) is 2.48. The fourth-order valence-corrected chi connectivity index (χ4v) is 1.70. The predicted octanol–water partition coefficient (Wildman–Crippen LogP) is 3.11. The Morgan fingerprint density at radius 2 is 1.90 bits per heavy atom. The van der Waals surface area contributed by atoms with Gasteiger partial charge in [0.05, 0.1) is 0 Å². The first kappa shape index (κ1) is 15.0. The quantitative estimate of drug-likeness (QED) is 0.885. The summed E-state index contributed by atoms with van der Waals surface area (Å²) in [7, 11) is 0. The van der Waals surface area contributed by atoms with Crippen LogP contribution in [0.4, 0.5) is 11.6 Å². The van der Waals surface area contributed by atoms with Crippen LogP contribution in [0.1, 0.15) is 29.9 Å². The summed E-state index contributed by atoms with van der Waals surface area (Å²) in [5.74, 6) is 0.716. The predicted molar refractivity (Wildman–Crippen MR) is 84.5 cm³/mol. The average molecular weight is 284 g/mol. The molecule has 0 aliphatic heterocycles. The van der Waals surface area contributed by atoms with Crippen LogP contribution in [0, 0.1) is 12.8 Å². The van der Waals surface area contributed by atoms with Crippen molar-refractivity contribution in [1.29, 1.82) is 0 Å². The molecule has 0 atom stereocenters. The van der Waals surface area contributed by atoms with E-state index in [2.05, 4.69) is 34.4 Å². The van der Waals surface area contributed by atoms with Crippen LogP contribution in [-0.2, 0) is 0 Å². The number of hydrogen-bond donors (Lipinski definition) is 2. The van der Waals surface area contributed by atoms with E-state index in [1.54, 1.807) is 12.3 Å². The van der Waals surface area contributed by atoms with Crippen LogP contribution >= 0.6 is 0 Å². The SMILES string of the molecule is Cc1ccc(NC(=O)c2ccnc(NCC(C)C)n2)cc1. The minimum atomic E-state index is -0.242. The van der Waals surface area contributed by atoms with Crippen molar-refractivity contribution in [3.63, 3.8) is 0 Å². The van der Waals surface area contributed by atoms with Gasteiger partial charge in [-0.15, -0.1) is 0 Å². The van der Waals surface area contributed by atoms with Crippen LogP contribution in [0.5, 0.6) is 0 Å². The molecule has 0 spiro atoms. The Balaban J connectivity index is 2.05. The van der Waals surface area contributed by atoms with Gasteiger partial charge in [-0.3, -0.25) is 4.79 Å². The zero-order valence-corrected chi connectivity index (χ0v) is 12.6. The Kier molecular flexibility index (Phi) is 4.87. The molecular weight excluding hydrogens is 264 g/mol. The van der Waals surface area contributed by atoms with Crippen molar-refractivity contribution in [2.24, 2.45) is 5.92 Å². The highest BCUT2D eigenvalue weighted by molar-refractivity contribution is 6.02. The first-order valence-electron chi connectivity index (χ1n) is 6.99. The number of amides is 1. The Morgan fingerprint density at radius 3 is 2.57 bits per heavy atom. The smallest absolute Gasteiger partial charge is 0.274 e. The van der Waals surface area contributed by atoms with E-state index in [1.165, 1.54) is 0 Å². The molecule has 0 saturated heterocycles. The Morgan fingerprint density at radius 1 is 1.19 bits per heavy atom.